The van der Waals surface area contributed by atoms with Gasteiger partial charge in [-0.1, -0.05) is 0 Å². The molecule has 0 saturated carbocycles. The summed E-state index contributed by atoms with van der Waals surface area (Å²) in [7, 11) is 2.82. The highest BCUT2D eigenvalue weighted by molar-refractivity contribution is 5.90. The molecule has 3 N–H and O–H groups in total. The van der Waals surface area contributed by atoms with Crippen LogP contribution in [0.4, 0.5) is 5.69 Å². The van der Waals surface area contributed by atoms with E-state index in [-0.39, 0.29) is 0 Å². The van der Waals surface area contributed by atoms with Crippen LogP contribution in [0.3, 0.4) is 0 Å². The molecule has 5 nitrogen and oxygen atoms in total. The van der Waals surface area contributed by atoms with E-state index >= 15 is 0 Å². The number of methoxy groups -OCH3 is 2. The highest BCUT2D eigenvalue weighted by Gasteiger charge is 2.09. The molecule has 0 aromatic heterocycles. The number of benzene rings is 1. The summed E-state index contributed by atoms with van der Waals surface area (Å²) in [5, 5.41) is 0. The van der Waals surface area contributed by atoms with Crippen LogP contribution in [0, 0.1) is 0 Å². The summed E-state index contributed by atoms with van der Waals surface area (Å²) >= 11 is 0. The molecule has 0 amide bonds. The minimum absolute atomic E-state index is 0.410. The Balaban J connectivity index is 3.07. The Kier molecular flexibility index (Phi) is 3.30. The standard InChI is InChI=1S/C9H12N2O3/c1-13-8-5-6(9(12)14-2)3-4-7(8)11-10/h3-5,11H,10H2,1-2H3. The number of carbonyl (C=O) groups is 1. The second-order valence-electron chi connectivity index (χ2n) is 2.55. The van der Waals surface area contributed by atoms with E-state index in [4.69, 9.17) is 10.6 Å². The molecule has 0 bridgehead atoms. The Morgan fingerprint density at radius 2 is 2.14 bits per heavy atom. The number of nitrogens with two attached hydrogens (primary N) is 1. The third kappa shape index (κ3) is 1.94. The Hall–Kier alpha value is -1.75. The predicted octanol–water partition coefficient (Wildman–Crippen LogP) is 0.767. The van der Waals surface area contributed by atoms with Gasteiger partial charge in [0.25, 0.3) is 0 Å². The molecule has 0 heterocycles. The van der Waals surface area contributed by atoms with Crippen molar-refractivity contribution in [2.75, 3.05) is 19.6 Å². The van der Waals surface area contributed by atoms with Crippen LogP contribution >= 0.6 is 0 Å². The first-order chi connectivity index (χ1) is 6.72. The number of nitrogens with one attached hydrogen (secondary N) is 1. The number of esters is 1. The van der Waals surface area contributed by atoms with E-state index in [1.165, 1.54) is 14.2 Å². The number of nitrogen functional groups attached to an aromatic ring is 1. The molecule has 1 aromatic rings. The van der Waals surface area contributed by atoms with Crippen LogP contribution in [0.5, 0.6) is 5.75 Å². The quantitative estimate of drug-likeness (QED) is 0.424. The van der Waals surface area contributed by atoms with Crippen molar-refractivity contribution in [3.8, 4) is 5.75 Å². The van der Waals surface area contributed by atoms with Crippen molar-refractivity contribution in [2.24, 2.45) is 5.84 Å². The smallest absolute Gasteiger partial charge is 0.337 e. The maximum absolute atomic E-state index is 11.2. The molecular weight excluding hydrogens is 184 g/mol. The molecule has 0 spiro atoms. The summed E-state index contributed by atoms with van der Waals surface area (Å²) in [5.41, 5.74) is 3.48. The lowest BCUT2D eigenvalue weighted by Gasteiger charge is -2.08. The van der Waals surface area contributed by atoms with E-state index in [1.807, 2.05) is 0 Å². The summed E-state index contributed by atoms with van der Waals surface area (Å²) in [6, 6.07) is 4.80. The van der Waals surface area contributed by atoms with Crippen LogP contribution in [0.2, 0.25) is 0 Å². The molecule has 0 radical (unpaired) electrons. The lowest BCUT2D eigenvalue weighted by Crippen LogP contribution is -2.09. The monoisotopic (exact) mass is 196 g/mol. The van der Waals surface area contributed by atoms with Crippen LogP contribution < -0.4 is 16.0 Å². The Morgan fingerprint density at radius 1 is 1.43 bits per heavy atom. The summed E-state index contributed by atoms with van der Waals surface area (Å²) < 4.78 is 9.58. The minimum atomic E-state index is -0.410. The van der Waals surface area contributed by atoms with Gasteiger partial charge in [0.15, 0.2) is 0 Å². The molecule has 5 heteroatoms. The molecule has 0 aliphatic carbocycles. The van der Waals surface area contributed by atoms with Gasteiger partial charge in [0.2, 0.25) is 0 Å². The third-order valence-electron chi connectivity index (χ3n) is 1.78. The van der Waals surface area contributed by atoms with E-state index in [9.17, 15) is 4.79 Å². The maximum Gasteiger partial charge on any atom is 0.337 e. The van der Waals surface area contributed by atoms with Gasteiger partial charge >= 0.3 is 5.97 Å². The number of hydrogen-bond donors (Lipinski definition) is 2. The first-order valence-electron chi connectivity index (χ1n) is 3.96. The average molecular weight is 196 g/mol. The molecule has 0 aliphatic rings. The summed E-state index contributed by atoms with van der Waals surface area (Å²) in [4.78, 5) is 11.2. The Morgan fingerprint density at radius 3 is 2.64 bits per heavy atom. The lowest BCUT2D eigenvalue weighted by molar-refractivity contribution is 0.0600. The third-order valence-corrected chi connectivity index (χ3v) is 1.78. The van der Waals surface area contributed by atoms with Crippen molar-refractivity contribution < 1.29 is 14.3 Å². The zero-order valence-electron chi connectivity index (χ0n) is 8.03. The topological polar surface area (TPSA) is 73.6 Å². The van der Waals surface area contributed by atoms with Gasteiger partial charge in [0.05, 0.1) is 25.5 Å². The number of rotatable bonds is 3. The zero-order chi connectivity index (χ0) is 10.6. The van der Waals surface area contributed by atoms with Gasteiger partial charge in [-0.25, -0.2) is 4.79 Å². The van der Waals surface area contributed by atoms with Gasteiger partial charge in [0, 0.05) is 0 Å². The lowest BCUT2D eigenvalue weighted by atomic mass is 10.2. The molecule has 1 aromatic carbocycles. The number of hydrogen-bond acceptors (Lipinski definition) is 5. The second kappa shape index (κ2) is 4.48. The van der Waals surface area contributed by atoms with E-state index in [0.29, 0.717) is 17.0 Å². The van der Waals surface area contributed by atoms with Crippen LogP contribution in [0.15, 0.2) is 18.2 Å². The molecule has 14 heavy (non-hydrogen) atoms. The normalized spacial score (nSPS) is 9.36. The van der Waals surface area contributed by atoms with Crippen LogP contribution in [0.1, 0.15) is 10.4 Å². The van der Waals surface area contributed by atoms with E-state index < -0.39 is 5.97 Å². The largest absolute Gasteiger partial charge is 0.495 e. The first-order valence-corrected chi connectivity index (χ1v) is 3.96. The number of ether oxygens (including phenoxy) is 2. The van der Waals surface area contributed by atoms with Crippen molar-refractivity contribution in [3.05, 3.63) is 23.8 Å². The fraction of sp³-hybridized carbons (Fsp3) is 0.222. The van der Waals surface area contributed by atoms with Gasteiger partial charge in [0.1, 0.15) is 5.75 Å². The predicted molar refractivity (Wildman–Crippen MR) is 52.1 cm³/mol. The highest BCUT2D eigenvalue weighted by Crippen LogP contribution is 2.24. The van der Waals surface area contributed by atoms with Gasteiger partial charge in [-0.3, -0.25) is 5.84 Å². The van der Waals surface area contributed by atoms with Crippen molar-refractivity contribution >= 4 is 11.7 Å². The SMILES string of the molecule is COC(=O)c1ccc(NN)c(OC)c1. The summed E-state index contributed by atoms with van der Waals surface area (Å²) in [6.45, 7) is 0. The molecule has 0 fully saturated rings. The number of anilines is 1. The molecule has 1 rings (SSSR count). The van der Waals surface area contributed by atoms with Gasteiger partial charge in [-0.15, -0.1) is 0 Å². The Labute approximate surface area is 81.8 Å². The van der Waals surface area contributed by atoms with Crippen molar-refractivity contribution in [3.63, 3.8) is 0 Å². The fourth-order valence-corrected chi connectivity index (χ4v) is 1.06. The molecule has 0 aliphatic heterocycles. The number of hydrazine groups is 1. The molecule has 0 saturated heterocycles. The van der Waals surface area contributed by atoms with Crippen molar-refractivity contribution in [2.45, 2.75) is 0 Å². The van der Waals surface area contributed by atoms with Gasteiger partial charge < -0.3 is 14.9 Å². The highest BCUT2D eigenvalue weighted by atomic mass is 16.5. The molecule has 0 unspecified atom stereocenters. The van der Waals surface area contributed by atoms with E-state index in [1.54, 1.807) is 18.2 Å². The van der Waals surface area contributed by atoms with E-state index in [0.717, 1.165) is 0 Å². The zero-order valence-corrected chi connectivity index (χ0v) is 8.03. The van der Waals surface area contributed by atoms with Gasteiger partial charge in [-0.05, 0) is 18.2 Å². The van der Waals surface area contributed by atoms with Gasteiger partial charge in [-0.2, -0.15) is 0 Å². The average Bonchev–Trinajstić information content (AvgIpc) is 2.26. The van der Waals surface area contributed by atoms with E-state index in [2.05, 4.69) is 10.2 Å². The summed E-state index contributed by atoms with van der Waals surface area (Å²) in [6.07, 6.45) is 0. The molecule has 76 valence electrons. The maximum atomic E-state index is 11.2. The Bertz CT molecular complexity index is 339. The molecule has 0 atom stereocenters. The second-order valence-corrected chi connectivity index (χ2v) is 2.55. The fourth-order valence-electron chi connectivity index (χ4n) is 1.06. The van der Waals surface area contributed by atoms with Crippen LogP contribution in [-0.4, -0.2) is 20.2 Å². The number of carbonyl (C=O) groups excluding carboxylic acids is 1. The summed E-state index contributed by atoms with van der Waals surface area (Å²) in [5.74, 6) is 5.32. The van der Waals surface area contributed by atoms with Crippen molar-refractivity contribution in [1.29, 1.82) is 0 Å². The van der Waals surface area contributed by atoms with Crippen LogP contribution in [-0.2, 0) is 4.74 Å². The first kappa shape index (κ1) is 10.3. The molecular formula is C9H12N2O3. The van der Waals surface area contributed by atoms with Crippen molar-refractivity contribution in [1.82, 2.24) is 0 Å². The van der Waals surface area contributed by atoms with Crippen LogP contribution in [0.25, 0.3) is 0 Å². The minimum Gasteiger partial charge on any atom is -0.495 e.